The fourth-order valence-corrected chi connectivity index (χ4v) is 3.50. The van der Waals surface area contributed by atoms with E-state index in [9.17, 15) is 14.0 Å². The van der Waals surface area contributed by atoms with E-state index < -0.39 is 17.5 Å². The number of benzene rings is 1. The van der Waals surface area contributed by atoms with E-state index in [1.54, 1.807) is 29.3 Å². The summed E-state index contributed by atoms with van der Waals surface area (Å²) >= 11 is 5.71. The maximum Gasteiger partial charge on any atom is 0.357 e. The first-order chi connectivity index (χ1) is 13.5. The Labute approximate surface area is 164 Å². The van der Waals surface area contributed by atoms with Crippen LogP contribution >= 0.6 is 11.6 Å². The Morgan fingerprint density at radius 3 is 2.68 bits per heavy atom. The monoisotopic (exact) mass is 402 g/mol. The summed E-state index contributed by atoms with van der Waals surface area (Å²) in [6.07, 6.45) is 2.61. The number of carbonyl (C=O) groups is 1. The number of rotatable bonds is 3. The number of pyridine rings is 1. The van der Waals surface area contributed by atoms with Crippen LogP contribution in [0.3, 0.4) is 0 Å². The molecule has 0 atom stereocenters. The molecule has 1 fully saturated rings. The van der Waals surface area contributed by atoms with Crippen LogP contribution in [0.4, 0.5) is 4.39 Å². The van der Waals surface area contributed by atoms with Gasteiger partial charge >= 0.3 is 11.7 Å². The summed E-state index contributed by atoms with van der Waals surface area (Å²) < 4.78 is 14.2. The zero-order valence-electron chi connectivity index (χ0n) is 14.7. The van der Waals surface area contributed by atoms with Crippen LogP contribution in [-0.2, 0) is 4.84 Å². The van der Waals surface area contributed by atoms with Gasteiger partial charge in [-0.3, -0.25) is 0 Å². The highest BCUT2D eigenvalue weighted by molar-refractivity contribution is 6.30. The summed E-state index contributed by atoms with van der Waals surface area (Å²) in [7, 11) is 0. The van der Waals surface area contributed by atoms with Gasteiger partial charge in [-0.05, 0) is 25.0 Å². The van der Waals surface area contributed by atoms with Crippen LogP contribution in [0.1, 0.15) is 34.8 Å². The fraction of sp³-hybridized carbons (Fsp3) is 0.263. The van der Waals surface area contributed by atoms with Crippen molar-refractivity contribution in [3.8, 4) is 0 Å². The van der Waals surface area contributed by atoms with Crippen LogP contribution in [0, 0.1) is 5.82 Å². The second kappa shape index (κ2) is 7.65. The van der Waals surface area contributed by atoms with Crippen molar-refractivity contribution in [1.29, 1.82) is 0 Å². The van der Waals surface area contributed by atoms with Crippen LogP contribution < -0.4 is 5.69 Å². The molecule has 0 unspecified atom stereocenters. The molecular weight excluding hydrogens is 387 g/mol. The zero-order chi connectivity index (χ0) is 19.7. The molecule has 1 N–H and O–H groups in total. The average molecular weight is 403 g/mol. The number of nitrogens with zero attached hydrogens (tertiary/aromatic N) is 3. The predicted octanol–water partition coefficient (Wildman–Crippen LogP) is 3.06. The Kier molecular flexibility index (Phi) is 5.06. The molecule has 28 heavy (non-hydrogen) atoms. The maximum absolute atomic E-state index is 14.2. The zero-order valence-corrected chi connectivity index (χ0v) is 15.4. The molecule has 1 saturated heterocycles. The second-order valence-corrected chi connectivity index (χ2v) is 6.88. The number of aromatic nitrogens is 3. The third-order valence-corrected chi connectivity index (χ3v) is 5.03. The van der Waals surface area contributed by atoms with Gasteiger partial charge in [-0.2, -0.15) is 4.98 Å². The summed E-state index contributed by atoms with van der Waals surface area (Å²) in [6, 6.07) is 8.74. The molecule has 3 heterocycles. The molecule has 0 spiro atoms. The number of hydrogen-bond acceptors (Lipinski definition) is 6. The van der Waals surface area contributed by atoms with E-state index in [0.29, 0.717) is 42.6 Å². The lowest BCUT2D eigenvalue weighted by atomic mass is 9.92. The summed E-state index contributed by atoms with van der Waals surface area (Å²) in [4.78, 5) is 39.7. The van der Waals surface area contributed by atoms with Crippen molar-refractivity contribution in [2.24, 2.45) is 0 Å². The smallest absolute Gasteiger partial charge is 0.357 e. The number of aromatic amines is 1. The van der Waals surface area contributed by atoms with Gasteiger partial charge in [0.2, 0.25) is 0 Å². The number of fused-ring (bicyclic) bond motifs is 1. The minimum Gasteiger partial charge on any atom is -0.364 e. The lowest BCUT2D eigenvalue weighted by molar-refractivity contribution is -0.122. The van der Waals surface area contributed by atoms with Gasteiger partial charge in [0, 0.05) is 30.6 Å². The summed E-state index contributed by atoms with van der Waals surface area (Å²) in [5.41, 5.74) is 0.329. The van der Waals surface area contributed by atoms with Gasteiger partial charge in [-0.25, -0.2) is 19.0 Å². The molecule has 1 aliphatic rings. The molecule has 0 radical (unpaired) electrons. The summed E-state index contributed by atoms with van der Waals surface area (Å²) in [6.45, 7) is 0.950. The average Bonchev–Trinajstić information content (AvgIpc) is 2.72. The van der Waals surface area contributed by atoms with Crippen molar-refractivity contribution in [2.45, 2.75) is 18.8 Å². The van der Waals surface area contributed by atoms with Crippen LogP contribution in [0.15, 0.2) is 41.3 Å². The van der Waals surface area contributed by atoms with Crippen LogP contribution in [0.25, 0.3) is 10.9 Å². The van der Waals surface area contributed by atoms with E-state index in [1.165, 1.54) is 6.20 Å². The van der Waals surface area contributed by atoms with E-state index in [2.05, 4.69) is 15.0 Å². The Morgan fingerprint density at radius 2 is 1.96 bits per heavy atom. The first kappa shape index (κ1) is 18.5. The Balaban J connectivity index is 1.51. The highest BCUT2D eigenvalue weighted by atomic mass is 35.5. The molecule has 9 heteroatoms. The van der Waals surface area contributed by atoms with Gasteiger partial charge < -0.3 is 9.82 Å². The van der Waals surface area contributed by atoms with Crippen molar-refractivity contribution < 1.29 is 14.0 Å². The normalized spacial score (nSPS) is 15.6. The maximum atomic E-state index is 14.2. The molecule has 0 bridgehead atoms. The van der Waals surface area contributed by atoms with E-state index >= 15 is 0 Å². The minimum absolute atomic E-state index is 0.00735. The topological polar surface area (TPSA) is 88.2 Å². The van der Waals surface area contributed by atoms with Crippen LogP contribution in [0.2, 0.25) is 5.15 Å². The van der Waals surface area contributed by atoms with Crippen molar-refractivity contribution in [3.63, 3.8) is 0 Å². The van der Waals surface area contributed by atoms with E-state index in [1.807, 2.05) is 6.07 Å². The number of hydrogen-bond donors (Lipinski definition) is 1. The molecular formula is C19H16ClFN4O3. The van der Waals surface area contributed by atoms with Gasteiger partial charge in [-0.15, -0.1) is 5.06 Å². The second-order valence-electron chi connectivity index (χ2n) is 6.53. The molecule has 0 amide bonds. The SMILES string of the molecule is O=C(ON1CCC(c2nc(=O)[nH]c3c(F)c(Cl)ncc23)CC1)c1ccccc1. The lowest BCUT2D eigenvalue weighted by Crippen LogP contribution is -2.35. The molecule has 1 aliphatic heterocycles. The Bertz CT molecular complexity index is 1080. The van der Waals surface area contributed by atoms with E-state index in [0.717, 1.165) is 0 Å². The van der Waals surface area contributed by atoms with Crippen molar-refractivity contribution >= 4 is 28.5 Å². The molecule has 2 aromatic heterocycles. The molecule has 0 aliphatic carbocycles. The number of halogens is 2. The van der Waals surface area contributed by atoms with Crippen LogP contribution in [0.5, 0.6) is 0 Å². The van der Waals surface area contributed by atoms with Crippen molar-refractivity contribution in [3.05, 3.63) is 69.2 Å². The standard InChI is InChI=1S/C19H16ClFN4O3/c20-17-14(21)16-13(10-22-17)15(23-19(27)24-16)11-6-8-25(9-7-11)28-18(26)12-4-2-1-3-5-12/h1-5,10-11H,6-9H2,(H,23,24,27). The van der Waals surface area contributed by atoms with Gasteiger partial charge in [-0.1, -0.05) is 29.8 Å². The number of hydroxylamine groups is 2. The van der Waals surface area contributed by atoms with Gasteiger partial charge in [0.05, 0.1) is 16.8 Å². The number of nitrogens with one attached hydrogen (secondary N) is 1. The number of H-pyrrole nitrogens is 1. The quantitative estimate of drug-likeness (QED) is 0.677. The lowest BCUT2D eigenvalue weighted by Gasteiger charge is -2.30. The first-order valence-corrected chi connectivity index (χ1v) is 9.17. The molecule has 3 aromatic rings. The third-order valence-electron chi connectivity index (χ3n) is 4.77. The van der Waals surface area contributed by atoms with Crippen molar-refractivity contribution in [1.82, 2.24) is 20.0 Å². The first-order valence-electron chi connectivity index (χ1n) is 8.79. The largest absolute Gasteiger partial charge is 0.364 e. The molecule has 144 valence electrons. The van der Waals surface area contributed by atoms with Gasteiger partial charge in [0.1, 0.15) is 0 Å². The predicted molar refractivity (Wildman–Crippen MR) is 101 cm³/mol. The third kappa shape index (κ3) is 3.61. The van der Waals surface area contributed by atoms with E-state index in [-0.39, 0.29) is 16.6 Å². The fourth-order valence-electron chi connectivity index (χ4n) is 3.36. The number of carbonyl (C=O) groups excluding carboxylic acids is 1. The summed E-state index contributed by atoms with van der Waals surface area (Å²) in [5.74, 6) is -1.27. The van der Waals surface area contributed by atoms with Gasteiger partial charge in [0.15, 0.2) is 11.0 Å². The minimum atomic E-state index is -0.769. The molecule has 7 nitrogen and oxygen atoms in total. The molecule has 0 saturated carbocycles. The van der Waals surface area contributed by atoms with E-state index in [4.69, 9.17) is 16.4 Å². The number of piperidine rings is 1. The molecule has 4 rings (SSSR count). The summed E-state index contributed by atoms with van der Waals surface area (Å²) in [5, 5.41) is 1.72. The van der Waals surface area contributed by atoms with Crippen molar-refractivity contribution in [2.75, 3.05) is 13.1 Å². The highest BCUT2D eigenvalue weighted by Crippen LogP contribution is 2.32. The van der Waals surface area contributed by atoms with Gasteiger partial charge in [0.25, 0.3) is 0 Å². The van der Waals surface area contributed by atoms with Crippen LogP contribution in [-0.4, -0.2) is 39.1 Å². The Morgan fingerprint density at radius 1 is 1.25 bits per heavy atom. The highest BCUT2D eigenvalue weighted by Gasteiger charge is 2.27. The molecule has 1 aromatic carbocycles. The Hall–Kier alpha value is -2.84.